The fraction of sp³-hybridized carbons (Fsp3) is 0.0455. The SMILES string of the molecule is CNC(=O)Nc1cccc(NC(=O)c2cnn(-c3ccccc3F)c2-n2cccc2)c1. The van der Waals surface area contributed by atoms with E-state index in [0.717, 1.165) is 0 Å². The molecule has 0 saturated heterocycles. The highest BCUT2D eigenvalue weighted by Gasteiger charge is 2.21. The molecule has 8 nitrogen and oxygen atoms in total. The molecular weight excluding hydrogens is 399 g/mol. The van der Waals surface area contributed by atoms with Crippen LogP contribution in [0.2, 0.25) is 0 Å². The maximum absolute atomic E-state index is 14.4. The van der Waals surface area contributed by atoms with Crippen LogP contribution in [-0.4, -0.2) is 33.3 Å². The summed E-state index contributed by atoms with van der Waals surface area (Å²) in [5.41, 5.74) is 1.48. The van der Waals surface area contributed by atoms with Gasteiger partial charge in [0, 0.05) is 30.8 Å². The number of rotatable bonds is 5. The molecule has 0 fully saturated rings. The first-order valence-electron chi connectivity index (χ1n) is 9.43. The van der Waals surface area contributed by atoms with Crippen molar-refractivity contribution in [3.63, 3.8) is 0 Å². The Labute approximate surface area is 177 Å². The summed E-state index contributed by atoms with van der Waals surface area (Å²) >= 11 is 0. The van der Waals surface area contributed by atoms with Gasteiger partial charge in [0.05, 0.1) is 6.20 Å². The van der Waals surface area contributed by atoms with Crippen LogP contribution in [0.1, 0.15) is 10.4 Å². The van der Waals surface area contributed by atoms with Crippen LogP contribution >= 0.6 is 0 Å². The Morgan fingerprint density at radius 2 is 1.65 bits per heavy atom. The molecule has 0 spiro atoms. The van der Waals surface area contributed by atoms with E-state index in [1.54, 1.807) is 71.6 Å². The second-order valence-corrected chi connectivity index (χ2v) is 6.57. The minimum Gasteiger partial charge on any atom is -0.341 e. The number of urea groups is 1. The summed E-state index contributed by atoms with van der Waals surface area (Å²) in [5.74, 6) is -0.491. The molecule has 3 N–H and O–H groups in total. The van der Waals surface area contributed by atoms with E-state index in [-0.39, 0.29) is 17.3 Å². The van der Waals surface area contributed by atoms with Crippen LogP contribution in [0.25, 0.3) is 11.5 Å². The molecule has 4 aromatic rings. The minimum absolute atomic E-state index is 0.224. The van der Waals surface area contributed by atoms with E-state index >= 15 is 0 Å². The number of para-hydroxylation sites is 1. The number of nitrogens with one attached hydrogen (secondary N) is 3. The van der Waals surface area contributed by atoms with Gasteiger partial charge in [0.2, 0.25) is 0 Å². The van der Waals surface area contributed by atoms with E-state index in [1.165, 1.54) is 24.0 Å². The molecule has 156 valence electrons. The Bertz CT molecular complexity index is 1230. The van der Waals surface area contributed by atoms with Crippen molar-refractivity contribution < 1.29 is 14.0 Å². The standard InChI is InChI=1S/C22H19FN6O2/c1-24-22(31)27-16-8-6-7-15(13-16)26-20(30)17-14-25-29(19-10-3-2-9-18(19)23)21(17)28-11-4-5-12-28/h2-14H,1H3,(H,26,30)(H2,24,27,31). The molecule has 0 bridgehead atoms. The fourth-order valence-corrected chi connectivity index (χ4v) is 3.09. The van der Waals surface area contributed by atoms with Gasteiger partial charge in [0.15, 0.2) is 5.82 Å². The van der Waals surface area contributed by atoms with E-state index in [0.29, 0.717) is 17.2 Å². The number of hydrogen-bond acceptors (Lipinski definition) is 3. The molecule has 2 aromatic carbocycles. The number of halogens is 1. The molecule has 31 heavy (non-hydrogen) atoms. The third-order valence-electron chi connectivity index (χ3n) is 4.52. The highest BCUT2D eigenvalue weighted by Crippen LogP contribution is 2.23. The van der Waals surface area contributed by atoms with Crippen molar-refractivity contribution >= 4 is 23.3 Å². The highest BCUT2D eigenvalue weighted by atomic mass is 19.1. The number of amides is 3. The van der Waals surface area contributed by atoms with Gasteiger partial charge < -0.3 is 20.5 Å². The molecule has 9 heteroatoms. The molecule has 0 atom stereocenters. The number of benzene rings is 2. The van der Waals surface area contributed by atoms with E-state index in [4.69, 9.17) is 0 Å². The summed E-state index contributed by atoms with van der Waals surface area (Å²) in [5, 5.41) is 12.2. The zero-order valence-electron chi connectivity index (χ0n) is 16.5. The third-order valence-corrected chi connectivity index (χ3v) is 4.52. The maximum Gasteiger partial charge on any atom is 0.318 e. The zero-order chi connectivity index (χ0) is 21.8. The predicted octanol–water partition coefficient (Wildman–Crippen LogP) is 3.81. The van der Waals surface area contributed by atoms with Crippen molar-refractivity contribution in [2.45, 2.75) is 0 Å². The van der Waals surface area contributed by atoms with Gasteiger partial charge in [0.25, 0.3) is 5.91 Å². The number of anilines is 2. The van der Waals surface area contributed by atoms with Crippen molar-refractivity contribution in [1.29, 1.82) is 0 Å². The molecule has 3 amide bonds. The monoisotopic (exact) mass is 418 g/mol. The first kappa shape index (κ1) is 19.9. The molecule has 0 radical (unpaired) electrons. The quantitative estimate of drug-likeness (QED) is 0.460. The van der Waals surface area contributed by atoms with Crippen LogP contribution in [0.3, 0.4) is 0 Å². The summed E-state index contributed by atoms with van der Waals surface area (Å²) in [6.45, 7) is 0. The number of nitrogens with zero attached hydrogens (tertiary/aromatic N) is 3. The Balaban J connectivity index is 1.69. The van der Waals surface area contributed by atoms with Crippen LogP contribution in [-0.2, 0) is 0 Å². The summed E-state index contributed by atoms with van der Waals surface area (Å²) < 4.78 is 17.5. The van der Waals surface area contributed by atoms with Gasteiger partial charge in [-0.2, -0.15) is 5.10 Å². The molecule has 0 aliphatic carbocycles. The Morgan fingerprint density at radius 1 is 0.935 bits per heavy atom. The van der Waals surface area contributed by atoms with Crippen molar-refractivity contribution in [2.24, 2.45) is 0 Å². The molecule has 0 saturated carbocycles. The Morgan fingerprint density at radius 3 is 2.35 bits per heavy atom. The van der Waals surface area contributed by atoms with Crippen molar-refractivity contribution in [1.82, 2.24) is 19.7 Å². The van der Waals surface area contributed by atoms with Gasteiger partial charge in [-0.15, -0.1) is 0 Å². The average molecular weight is 418 g/mol. The average Bonchev–Trinajstić information content (AvgIpc) is 3.44. The van der Waals surface area contributed by atoms with Crippen LogP contribution in [0.5, 0.6) is 0 Å². The van der Waals surface area contributed by atoms with Crippen molar-refractivity contribution in [2.75, 3.05) is 17.7 Å². The van der Waals surface area contributed by atoms with Gasteiger partial charge in [0.1, 0.15) is 17.1 Å². The third kappa shape index (κ3) is 4.15. The predicted molar refractivity (Wildman–Crippen MR) is 115 cm³/mol. The van der Waals surface area contributed by atoms with Crippen LogP contribution in [0, 0.1) is 5.82 Å². The molecule has 0 aliphatic heterocycles. The van der Waals surface area contributed by atoms with E-state index in [2.05, 4.69) is 21.0 Å². The van der Waals surface area contributed by atoms with E-state index < -0.39 is 11.7 Å². The molecule has 2 heterocycles. The largest absolute Gasteiger partial charge is 0.341 e. The number of aromatic nitrogens is 3. The first-order chi connectivity index (χ1) is 15.1. The smallest absolute Gasteiger partial charge is 0.318 e. The van der Waals surface area contributed by atoms with Crippen molar-refractivity contribution in [3.05, 3.63) is 90.6 Å². The van der Waals surface area contributed by atoms with Crippen LogP contribution in [0.15, 0.2) is 79.3 Å². The molecule has 4 rings (SSSR count). The van der Waals surface area contributed by atoms with Gasteiger partial charge in [-0.3, -0.25) is 4.79 Å². The Kier molecular flexibility index (Phi) is 5.48. The zero-order valence-corrected chi connectivity index (χ0v) is 16.5. The van der Waals surface area contributed by atoms with Gasteiger partial charge >= 0.3 is 6.03 Å². The van der Waals surface area contributed by atoms with Crippen LogP contribution < -0.4 is 16.0 Å². The first-order valence-corrected chi connectivity index (χ1v) is 9.43. The number of carbonyl (C=O) groups is 2. The second kappa shape index (κ2) is 8.54. The molecule has 0 unspecified atom stereocenters. The maximum atomic E-state index is 14.4. The summed E-state index contributed by atoms with van der Waals surface area (Å²) in [6, 6.07) is 16.2. The number of hydrogen-bond donors (Lipinski definition) is 3. The fourth-order valence-electron chi connectivity index (χ4n) is 3.09. The van der Waals surface area contributed by atoms with E-state index in [1.807, 2.05) is 0 Å². The lowest BCUT2D eigenvalue weighted by atomic mass is 10.2. The molecular formula is C22H19FN6O2. The normalized spacial score (nSPS) is 10.5. The summed E-state index contributed by atoms with van der Waals surface area (Å²) in [4.78, 5) is 24.6. The lowest BCUT2D eigenvalue weighted by Crippen LogP contribution is -2.24. The topological polar surface area (TPSA) is 93.0 Å². The van der Waals surface area contributed by atoms with Crippen molar-refractivity contribution in [3.8, 4) is 11.5 Å². The van der Waals surface area contributed by atoms with Crippen LogP contribution in [0.4, 0.5) is 20.6 Å². The van der Waals surface area contributed by atoms with Gasteiger partial charge in [-0.25, -0.2) is 13.9 Å². The minimum atomic E-state index is -0.459. The molecule has 0 aliphatic rings. The second-order valence-electron chi connectivity index (χ2n) is 6.57. The summed E-state index contributed by atoms with van der Waals surface area (Å²) in [6.07, 6.45) is 4.89. The van der Waals surface area contributed by atoms with Gasteiger partial charge in [-0.05, 0) is 42.5 Å². The Hall–Kier alpha value is -4.40. The lowest BCUT2D eigenvalue weighted by molar-refractivity contribution is 0.102. The number of carbonyl (C=O) groups excluding carboxylic acids is 2. The highest BCUT2D eigenvalue weighted by molar-refractivity contribution is 6.06. The van der Waals surface area contributed by atoms with Gasteiger partial charge in [-0.1, -0.05) is 18.2 Å². The van der Waals surface area contributed by atoms with E-state index in [9.17, 15) is 14.0 Å². The lowest BCUT2D eigenvalue weighted by Gasteiger charge is -2.12. The molecule has 2 aromatic heterocycles. The summed E-state index contributed by atoms with van der Waals surface area (Å²) in [7, 11) is 1.51.